The van der Waals surface area contributed by atoms with Crippen molar-refractivity contribution in [1.29, 1.82) is 0 Å². The number of amides is 1. The summed E-state index contributed by atoms with van der Waals surface area (Å²) in [5, 5.41) is 0. The Hall–Kier alpha value is -2.56. The average molecular weight is 310 g/mol. The van der Waals surface area contributed by atoms with Crippen molar-refractivity contribution in [3.05, 3.63) is 47.8 Å². The molecule has 0 atom stereocenters. The number of pyridine rings is 1. The minimum absolute atomic E-state index is 0.0212. The number of carbonyl (C=O) groups is 1. The van der Waals surface area contributed by atoms with E-state index >= 15 is 0 Å². The summed E-state index contributed by atoms with van der Waals surface area (Å²) in [5.74, 6) is 1.93. The van der Waals surface area contributed by atoms with E-state index in [1.165, 1.54) is 12.8 Å². The maximum Gasteiger partial charge on any atom is 0.258 e. The highest BCUT2D eigenvalue weighted by Gasteiger charge is 2.28. The molecule has 5 heteroatoms. The maximum absolute atomic E-state index is 13.0. The second kappa shape index (κ2) is 5.57. The third kappa shape index (κ3) is 2.63. The Balaban J connectivity index is 1.68. The van der Waals surface area contributed by atoms with Gasteiger partial charge in [0.25, 0.3) is 5.91 Å². The number of rotatable bonds is 3. The van der Waals surface area contributed by atoms with Crippen molar-refractivity contribution in [3.63, 3.8) is 0 Å². The summed E-state index contributed by atoms with van der Waals surface area (Å²) in [5.41, 5.74) is 2.46. The van der Waals surface area contributed by atoms with Crippen LogP contribution in [0.4, 0.5) is 5.69 Å². The van der Waals surface area contributed by atoms with Crippen LogP contribution in [0.5, 0.6) is 11.5 Å². The molecule has 0 radical (unpaired) electrons. The number of anilines is 1. The number of nitrogens with zero attached hydrogens (tertiary/aromatic N) is 2. The third-order valence-corrected chi connectivity index (χ3v) is 4.30. The zero-order valence-electron chi connectivity index (χ0n) is 13.0. The molecule has 0 unspecified atom stereocenters. The molecule has 2 aromatic rings. The van der Waals surface area contributed by atoms with Crippen molar-refractivity contribution in [2.75, 3.05) is 25.2 Å². The van der Waals surface area contributed by atoms with E-state index in [0.717, 1.165) is 11.4 Å². The van der Waals surface area contributed by atoms with E-state index in [4.69, 9.17) is 9.47 Å². The monoisotopic (exact) mass is 310 g/mol. The molecule has 1 aromatic carbocycles. The molecule has 23 heavy (non-hydrogen) atoms. The Morgan fingerprint density at radius 3 is 2.96 bits per heavy atom. The van der Waals surface area contributed by atoms with Gasteiger partial charge in [-0.2, -0.15) is 0 Å². The lowest BCUT2D eigenvalue weighted by Gasteiger charge is -2.30. The van der Waals surface area contributed by atoms with E-state index in [1.54, 1.807) is 24.3 Å². The highest BCUT2D eigenvalue weighted by molar-refractivity contribution is 6.07. The molecule has 1 aliphatic carbocycles. The van der Waals surface area contributed by atoms with Gasteiger partial charge in [-0.1, -0.05) is 0 Å². The maximum atomic E-state index is 13.0. The van der Waals surface area contributed by atoms with Crippen LogP contribution in [0.1, 0.15) is 34.8 Å². The lowest BCUT2D eigenvalue weighted by Crippen LogP contribution is -2.38. The zero-order chi connectivity index (χ0) is 15.8. The summed E-state index contributed by atoms with van der Waals surface area (Å²) in [6.07, 6.45) is 4.07. The van der Waals surface area contributed by atoms with Gasteiger partial charge in [-0.3, -0.25) is 9.78 Å². The Morgan fingerprint density at radius 1 is 1.30 bits per heavy atom. The predicted octanol–water partition coefficient (Wildman–Crippen LogP) is 3.01. The molecule has 0 saturated heterocycles. The molecule has 2 aliphatic rings. The lowest BCUT2D eigenvalue weighted by molar-refractivity contribution is 0.0976. The van der Waals surface area contributed by atoms with Crippen LogP contribution in [0, 0.1) is 0 Å². The highest BCUT2D eigenvalue weighted by Crippen LogP contribution is 2.39. The molecule has 1 fully saturated rings. The van der Waals surface area contributed by atoms with Gasteiger partial charge >= 0.3 is 0 Å². The summed E-state index contributed by atoms with van der Waals surface area (Å²) < 4.78 is 10.9. The minimum atomic E-state index is -0.0212. The van der Waals surface area contributed by atoms with E-state index < -0.39 is 0 Å². The van der Waals surface area contributed by atoms with Gasteiger partial charge in [-0.05, 0) is 37.1 Å². The van der Waals surface area contributed by atoms with E-state index in [1.807, 2.05) is 24.3 Å². The van der Waals surface area contributed by atoms with E-state index in [9.17, 15) is 4.79 Å². The summed E-state index contributed by atoms with van der Waals surface area (Å²) in [6, 6.07) is 9.23. The number of aromatic nitrogens is 1. The van der Waals surface area contributed by atoms with Crippen molar-refractivity contribution >= 4 is 11.6 Å². The van der Waals surface area contributed by atoms with Gasteiger partial charge in [0.05, 0.1) is 19.3 Å². The molecule has 4 rings (SSSR count). The second-order valence-electron chi connectivity index (χ2n) is 5.88. The van der Waals surface area contributed by atoms with E-state index in [0.29, 0.717) is 36.1 Å². The first-order chi connectivity index (χ1) is 11.3. The number of benzene rings is 1. The molecule has 0 bridgehead atoms. The second-order valence-corrected chi connectivity index (χ2v) is 5.88. The Morgan fingerprint density at radius 2 is 2.17 bits per heavy atom. The van der Waals surface area contributed by atoms with Crippen LogP contribution in [0.15, 0.2) is 36.5 Å². The number of methoxy groups -OCH3 is 1. The van der Waals surface area contributed by atoms with Crippen LogP contribution in [-0.2, 0) is 0 Å². The number of carbonyl (C=O) groups excluding carboxylic acids is 1. The number of hydrogen-bond acceptors (Lipinski definition) is 4. The van der Waals surface area contributed by atoms with Crippen LogP contribution >= 0.6 is 0 Å². The standard InChI is InChI=1S/C18H18N2O3/c1-22-14-4-5-17-16(11-14)20(8-9-23-17)18(21)13-6-7-19-15(10-13)12-2-3-12/h4-7,10-12H,2-3,8-9H2,1H3. The largest absolute Gasteiger partial charge is 0.497 e. The van der Waals surface area contributed by atoms with Crippen molar-refractivity contribution in [1.82, 2.24) is 4.98 Å². The molecule has 1 aliphatic heterocycles. The molecule has 2 heterocycles. The minimum Gasteiger partial charge on any atom is -0.497 e. The van der Waals surface area contributed by atoms with Crippen LogP contribution < -0.4 is 14.4 Å². The SMILES string of the molecule is COc1ccc2c(c1)N(C(=O)c1ccnc(C3CC3)c1)CCO2. The van der Waals surface area contributed by atoms with Crippen molar-refractivity contribution in [3.8, 4) is 11.5 Å². The van der Waals surface area contributed by atoms with Gasteiger partial charge in [-0.25, -0.2) is 0 Å². The van der Waals surface area contributed by atoms with Crippen molar-refractivity contribution in [2.45, 2.75) is 18.8 Å². The van der Waals surface area contributed by atoms with Crippen molar-refractivity contribution in [2.24, 2.45) is 0 Å². The molecule has 1 saturated carbocycles. The average Bonchev–Trinajstić information content (AvgIpc) is 3.45. The predicted molar refractivity (Wildman–Crippen MR) is 86.4 cm³/mol. The van der Waals surface area contributed by atoms with Gasteiger partial charge in [0.15, 0.2) is 0 Å². The third-order valence-electron chi connectivity index (χ3n) is 4.30. The van der Waals surface area contributed by atoms with Crippen LogP contribution in [0.2, 0.25) is 0 Å². The lowest BCUT2D eigenvalue weighted by atomic mass is 10.1. The van der Waals surface area contributed by atoms with Gasteiger partial charge in [0, 0.05) is 29.4 Å². The topological polar surface area (TPSA) is 51.7 Å². The Kier molecular flexibility index (Phi) is 3.41. The summed E-state index contributed by atoms with van der Waals surface area (Å²) >= 11 is 0. The summed E-state index contributed by atoms with van der Waals surface area (Å²) in [4.78, 5) is 19.1. The highest BCUT2D eigenvalue weighted by atomic mass is 16.5. The van der Waals surface area contributed by atoms with E-state index in [-0.39, 0.29) is 5.91 Å². The molecule has 0 N–H and O–H groups in total. The number of fused-ring (bicyclic) bond motifs is 1. The van der Waals surface area contributed by atoms with Gasteiger partial charge in [-0.15, -0.1) is 0 Å². The van der Waals surface area contributed by atoms with Crippen LogP contribution in [-0.4, -0.2) is 31.2 Å². The van der Waals surface area contributed by atoms with Gasteiger partial charge < -0.3 is 14.4 Å². The van der Waals surface area contributed by atoms with Crippen molar-refractivity contribution < 1.29 is 14.3 Å². The quantitative estimate of drug-likeness (QED) is 0.874. The van der Waals surface area contributed by atoms with Gasteiger partial charge in [0.2, 0.25) is 0 Å². The Labute approximate surface area is 134 Å². The first-order valence-electron chi connectivity index (χ1n) is 7.85. The van der Waals surface area contributed by atoms with Crippen LogP contribution in [0.3, 0.4) is 0 Å². The fourth-order valence-electron chi connectivity index (χ4n) is 2.87. The molecule has 118 valence electrons. The molecule has 1 amide bonds. The molecule has 5 nitrogen and oxygen atoms in total. The zero-order valence-corrected chi connectivity index (χ0v) is 13.0. The summed E-state index contributed by atoms with van der Waals surface area (Å²) in [7, 11) is 1.61. The molecular formula is C18H18N2O3. The Bertz CT molecular complexity index is 756. The summed E-state index contributed by atoms with van der Waals surface area (Å²) in [6.45, 7) is 1.02. The van der Waals surface area contributed by atoms with E-state index in [2.05, 4.69) is 4.98 Å². The first-order valence-corrected chi connectivity index (χ1v) is 7.85. The number of hydrogen-bond donors (Lipinski definition) is 0. The molecule has 0 spiro atoms. The first kappa shape index (κ1) is 14.1. The molecule has 1 aromatic heterocycles. The molecular weight excluding hydrogens is 292 g/mol. The van der Waals surface area contributed by atoms with Crippen LogP contribution in [0.25, 0.3) is 0 Å². The normalized spacial score (nSPS) is 16.5. The fraction of sp³-hybridized carbons (Fsp3) is 0.333. The van der Waals surface area contributed by atoms with Gasteiger partial charge in [0.1, 0.15) is 18.1 Å². The smallest absolute Gasteiger partial charge is 0.258 e. The number of ether oxygens (including phenoxy) is 2. The fourth-order valence-corrected chi connectivity index (χ4v) is 2.87.